The Labute approximate surface area is 107 Å². The van der Waals surface area contributed by atoms with E-state index in [1.54, 1.807) is 6.33 Å². The molecule has 4 nitrogen and oxygen atoms in total. The molecule has 0 radical (unpaired) electrons. The minimum Gasteiger partial charge on any atom is -0.365 e. The van der Waals surface area contributed by atoms with Gasteiger partial charge in [-0.25, -0.2) is 9.97 Å². The molecule has 0 saturated heterocycles. The molecule has 0 spiro atoms. The molecule has 2 aromatic heterocycles. The van der Waals surface area contributed by atoms with Crippen LogP contribution in [-0.4, -0.2) is 21.0 Å². The van der Waals surface area contributed by atoms with Crippen molar-refractivity contribution in [2.75, 3.05) is 5.32 Å². The Morgan fingerprint density at radius 1 is 1.22 bits per heavy atom. The van der Waals surface area contributed by atoms with E-state index in [-0.39, 0.29) is 0 Å². The SMILES string of the molecule is CC(C)c1cnc2c(NC3CCC3)ncnc2c1. The summed E-state index contributed by atoms with van der Waals surface area (Å²) in [4.78, 5) is 13.2. The Hall–Kier alpha value is -1.71. The van der Waals surface area contributed by atoms with Gasteiger partial charge in [-0.15, -0.1) is 0 Å². The molecular weight excluding hydrogens is 224 g/mol. The van der Waals surface area contributed by atoms with Gasteiger partial charge in [0.25, 0.3) is 0 Å². The summed E-state index contributed by atoms with van der Waals surface area (Å²) in [6.07, 6.45) is 7.33. The molecule has 0 bridgehead atoms. The summed E-state index contributed by atoms with van der Waals surface area (Å²) < 4.78 is 0. The van der Waals surface area contributed by atoms with Crippen molar-refractivity contribution in [2.24, 2.45) is 0 Å². The third kappa shape index (κ3) is 2.03. The fraction of sp³-hybridized carbons (Fsp3) is 0.500. The molecular formula is C14H18N4. The van der Waals surface area contributed by atoms with Crippen LogP contribution in [0.25, 0.3) is 11.0 Å². The maximum absolute atomic E-state index is 4.53. The van der Waals surface area contributed by atoms with Gasteiger partial charge < -0.3 is 5.32 Å². The largest absolute Gasteiger partial charge is 0.365 e. The first-order valence-electron chi connectivity index (χ1n) is 6.61. The molecule has 1 fully saturated rings. The van der Waals surface area contributed by atoms with Crippen molar-refractivity contribution in [3.63, 3.8) is 0 Å². The monoisotopic (exact) mass is 242 g/mol. The standard InChI is InChI=1S/C14H18N4/c1-9(2)10-6-12-13(15-7-10)14(17-8-16-12)18-11-4-3-5-11/h6-9,11H,3-5H2,1-2H3,(H,16,17,18). The smallest absolute Gasteiger partial charge is 0.156 e. The second kappa shape index (κ2) is 4.52. The van der Waals surface area contributed by atoms with Crippen LogP contribution in [-0.2, 0) is 0 Å². The van der Waals surface area contributed by atoms with Crippen LogP contribution in [0.15, 0.2) is 18.6 Å². The molecule has 0 aliphatic heterocycles. The number of pyridine rings is 1. The average molecular weight is 242 g/mol. The number of anilines is 1. The Balaban J connectivity index is 1.99. The Kier molecular flexibility index (Phi) is 2.86. The molecule has 0 aromatic carbocycles. The van der Waals surface area contributed by atoms with E-state index in [9.17, 15) is 0 Å². The lowest BCUT2D eigenvalue weighted by atomic mass is 9.93. The van der Waals surface area contributed by atoms with Crippen molar-refractivity contribution >= 4 is 16.9 Å². The van der Waals surface area contributed by atoms with Crippen LogP contribution in [0, 0.1) is 0 Å². The van der Waals surface area contributed by atoms with Crippen molar-refractivity contribution in [3.8, 4) is 0 Å². The normalized spacial score (nSPS) is 15.9. The van der Waals surface area contributed by atoms with Crippen LogP contribution in [0.2, 0.25) is 0 Å². The minimum atomic E-state index is 0.472. The zero-order valence-electron chi connectivity index (χ0n) is 10.8. The molecule has 1 N–H and O–H groups in total. The summed E-state index contributed by atoms with van der Waals surface area (Å²) in [5.41, 5.74) is 3.03. The zero-order valence-corrected chi connectivity index (χ0v) is 10.8. The van der Waals surface area contributed by atoms with E-state index in [1.165, 1.54) is 24.8 Å². The first-order valence-corrected chi connectivity index (χ1v) is 6.61. The topological polar surface area (TPSA) is 50.7 Å². The van der Waals surface area contributed by atoms with Crippen molar-refractivity contribution in [2.45, 2.75) is 45.1 Å². The molecule has 18 heavy (non-hydrogen) atoms. The van der Waals surface area contributed by atoms with Gasteiger partial charge in [0.05, 0.1) is 5.52 Å². The van der Waals surface area contributed by atoms with Crippen LogP contribution >= 0.6 is 0 Å². The number of nitrogens with one attached hydrogen (secondary N) is 1. The summed E-state index contributed by atoms with van der Waals surface area (Å²) in [7, 11) is 0. The third-order valence-corrected chi connectivity index (χ3v) is 3.61. The van der Waals surface area contributed by atoms with Gasteiger partial charge in [-0.05, 0) is 36.8 Å². The number of hydrogen-bond acceptors (Lipinski definition) is 4. The Morgan fingerprint density at radius 2 is 2.06 bits per heavy atom. The van der Waals surface area contributed by atoms with Gasteiger partial charge in [0.15, 0.2) is 5.82 Å². The molecule has 0 atom stereocenters. The van der Waals surface area contributed by atoms with Gasteiger partial charge in [-0.2, -0.15) is 0 Å². The lowest BCUT2D eigenvalue weighted by Crippen LogP contribution is -2.27. The second-order valence-electron chi connectivity index (χ2n) is 5.29. The van der Waals surface area contributed by atoms with Crippen molar-refractivity contribution in [3.05, 3.63) is 24.2 Å². The van der Waals surface area contributed by atoms with Crippen LogP contribution in [0.5, 0.6) is 0 Å². The highest BCUT2D eigenvalue weighted by atomic mass is 15.1. The van der Waals surface area contributed by atoms with Crippen LogP contribution in [0.4, 0.5) is 5.82 Å². The fourth-order valence-corrected chi connectivity index (χ4v) is 2.13. The van der Waals surface area contributed by atoms with Gasteiger partial charge in [0, 0.05) is 12.2 Å². The highest BCUT2D eigenvalue weighted by Crippen LogP contribution is 2.26. The fourth-order valence-electron chi connectivity index (χ4n) is 2.13. The number of aromatic nitrogens is 3. The first-order chi connectivity index (χ1) is 8.74. The van der Waals surface area contributed by atoms with Crippen LogP contribution < -0.4 is 5.32 Å². The summed E-state index contributed by atoms with van der Waals surface area (Å²) in [6, 6.07) is 2.68. The van der Waals surface area contributed by atoms with E-state index in [0.29, 0.717) is 12.0 Å². The summed E-state index contributed by atoms with van der Waals surface area (Å²) in [6.45, 7) is 4.33. The van der Waals surface area contributed by atoms with Crippen molar-refractivity contribution in [1.29, 1.82) is 0 Å². The van der Waals surface area contributed by atoms with Gasteiger partial charge in [0.2, 0.25) is 0 Å². The molecule has 0 unspecified atom stereocenters. The molecule has 2 heterocycles. The number of hydrogen-bond donors (Lipinski definition) is 1. The van der Waals surface area contributed by atoms with E-state index >= 15 is 0 Å². The van der Waals surface area contributed by atoms with E-state index in [2.05, 4.69) is 40.2 Å². The summed E-state index contributed by atoms with van der Waals surface area (Å²) >= 11 is 0. The molecule has 94 valence electrons. The summed E-state index contributed by atoms with van der Waals surface area (Å²) in [5.74, 6) is 1.35. The highest BCUT2D eigenvalue weighted by Gasteiger charge is 2.19. The number of nitrogens with zero attached hydrogens (tertiary/aromatic N) is 3. The maximum Gasteiger partial charge on any atom is 0.156 e. The predicted molar refractivity (Wildman–Crippen MR) is 72.7 cm³/mol. The van der Waals surface area contributed by atoms with Gasteiger partial charge in [-0.3, -0.25) is 4.98 Å². The molecule has 1 aliphatic rings. The maximum atomic E-state index is 4.53. The van der Waals surface area contributed by atoms with Crippen molar-refractivity contribution < 1.29 is 0 Å². The molecule has 4 heteroatoms. The molecule has 3 rings (SSSR count). The van der Waals surface area contributed by atoms with Crippen LogP contribution in [0.1, 0.15) is 44.6 Å². The van der Waals surface area contributed by atoms with Gasteiger partial charge in [0.1, 0.15) is 11.8 Å². The highest BCUT2D eigenvalue weighted by molar-refractivity contribution is 5.85. The van der Waals surface area contributed by atoms with Gasteiger partial charge >= 0.3 is 0 Å². The predicted octanol–water partition coefficient (Wildman–Crippen LogP) is 3.11. The minimum absolute atomic E-state index is 0.472. The molecule has 1 aliphatic carbocycles. The van der Waals surface area contributed by atoms with Gasteiger partial charge in [-0.1, -0.05) is 13.8 Å². The Morgan fingerprint density at radius 3 is 2.72 bits per heavy atom. The quantitative estimate of drug-likeness (QED) is 0.898. The van der Waals surface area contributed by atoms with E-state index < -0.39 is 0 Å². The molecule has 1 saturated carbocycles. The zero-order chi connectivity index (χ0) is 12.5. The van der Waals surface area contributed by atoms with E-state index in [4.69, 9.17) is 0 Å². The summed E-state index contributed by atoms with van der Waals surface area (Å²) in [5, 5.41) is 3.46. The van der Waals surface area contributed by atoms with E-state index in [1.807, 2.05) is 6.20 Å². The second-order valence-corrected chi connectivity index (χ2v) is 5.29. The van der Waals surface area contributed by atoms with Crippen LogP contribution in [0.3, 0.4) is 0 Å². The van der Waals surface area contributed by atoms with Crippen molar-refractivity contribution in [1.82, 2.24) is 15.0 Å². The number of fused-ring (bicyclic) bond motifs is 1. The lowest BCUT2D eigenvalue weighted by Gasteiger charge is -2.27. The third-order valence-electron chi connectivity index (χ3n) is 3.61. The average Bonchev–Trinajstić information content (AvgIpc) is 2.33. The van der Waals surface area contributed by atoms with E-state index in [0.717, 1.165) is 16.9 Å². The number of rotatable bonds is 3. The first kappa shape index (κ1) is 11.4. The Bertz CT molecular complexity index is 561. The lowest BCUT2D eigenvalue weighted by molar-refractivity contribution is 0.444. The molecule has 2 aromatic rings. The molecule has 0 amide bonds.